The van der Waals surface area contributed by atoms with Gasteiger partial charge in [0.25, 0.3) is 0 Å². The number of aromatic nitrogens is 3. The second-order valence-corrected chi connectivity index (χ2v) is 4.44. The van der Waals surface area contributed by atoms with E-state index in [-0.39, 0.29) is 24.4 Å². The number of amides is 2. The molecule has 1 aromatic rings. The second-order valence-electron chi connectivity index (χ2n) is 4.44. The Balaban J connectivity index is 1.65. The van der Waals surface area contributed by atoms with Gasteiger partial charge in [-0.3, -0.25) is 14.9 Å². The van der Waals surface area contributed by atoms with Crippen molar-refractivity contribution in [2.75, 3.05) is 19.6 Å². The molecule has 8 nitrogen and oxygen atoms in total. The van der Waals surface area contributed by atoms with Crippen LogP contribution < -0.4 is 10.6 Å². The standard InChI is InChI=1S/C10H14N6O2/c17-9-4-11-7(3-12-9)10(18)15-1-2-16-6-13-14-8(16)5-15/h6-7,11H,1-5H2,(H,12,17). The molecule has 0 aromatic carbocycles. The predicted octanol–water partition coefficient (Wildman–Crippen LogP) is -2.29. The van der Waals surface area contributed by atoms with Gasteiger partial charge in [0.2, 0.25) is 11.8 Å². The van der Waals surface area contributed by atoms with E-state index in [2.05, 4.69) is 20.8 Å². The fourth-order valence-electron chi connectivity index (χ4n) is 2.22. The first kappa shape index (κ1) is 11.1. The number of carbonyl (C=O) groups is 2. The summed E-state index contributed by atoms with van der Waals surface area (Å²) >= 11 is 0. The minimum Gasteiger partial charge on any atom is -0.353 e. The molecule has 2 aliphatic heterocycles. The van der Waals surface area contributed by atoms with Crippen molar-refractivity contribution in [3.8, 4) is 0 Å². The Hall–Kier alpha value is -1.96. The lowest BCUT2D eigenvalue weighted by Gasteiger charge is -2.32. The van der Waals surface area contributed by atoms with Crippen LogP contribution in [0.4, 0.5) is 0 Å². The number of hydrogen-bond donors (Lipinski definition) is 2. The molecule has 2 aliphatic rings. The monoisotopic (exact) mass is 250 g/mol. The zero-order valence-corrected chi connectivity index (χ0v) is 9.80. The van der Waals surface area contributed by atoms with E-state index >= 15 is 0 Å². The van der Waals surface area contributed by atoms with E-state index in [4.69, 9.17) is 0 Å². The van der Waals surface area contributed by atoms with Gasteiger partial charge in [0.15, 0.2) is 5.82 Å². The lowest BCUT2D eigenvalue weighted by atomic mass is 10.2. The summed E-state index contributed by atoms with van der Waals surface area (Å²) in [4.78, 5) is 25.0. The smallest absolute Gasteiger partial charge is 0.242 e. The Bertz CT molecular complexity index is 474. The van der Waals surface area contributed by atoms with Crippen molar-refractivity contribution in [1.82, 2.24) is 30.3 Å². The number of nitrogens with one attached hydrogen (secondary N) is 2. The molecule has 0 bridgehead atoms. The highest BCUT2D eigenvalue weighted by molar-refractivity contribution is 5.86. The molecule has 0 aliphatic carbocycles. The molecule has 0 saturated carbocycles. The zero-order chi connectivity index (χ0) is 12.5. The van der Waals surface area contributed by atoms with Crippen LogP contribution in [-0.2, 0) is 22.7 Å². The third-order valence-corrected chi connectivity index (χ3v) is 3.26. The van der Waals surface area contributed by atoms with Gasteiger partial charge in [-0.05, 0) is 0 Å². The number of rotatable bonds is 1. The molecule has 1 unspecified atom stereocenters. The topological polar surface area (TPSA) is 92.2 Å². The maximum Gasteiger partial charge on any atom is 0.242 e. The van der Waals surface area contributed by atoms with Gasteiger partial charge in [0.05, 0.1) is 13.1 Å². The third-order valence-electron chi connectivity index (χ3n) is 3.26. The summed E-state index contributed by atoms with van der Waals surface area (Å²) in [5.41, 5.74) is 0. The molecule has 2 amide bonds. The van der Waals surface area contributed by atoms with E-state index in [0.717, 1.165) is 5.82 Å². The first-order chi connectivity index (χ1) is 8.74. The lowest BCUT2D eigenvalue weighted by Crippen LogP contribution is -2.59. The first-order valence-corrected chi connectivity index (χ1v) is 5.89. The van der Waals surface area contributed by atoms with Crippen LogP contribution in [0.15, 0.2) is 6.33 Å². The number of hydrogen-bond acceptors (Lipinski definition) is 5. The summed E-state index contributed by atoms with van der Waals surface area (Å²) in [6.07, 6.45) is 1.68. The van der Waals surface area contributed by atoms with Gasteiger partial charge in [-0.1, -0.05) is 0 Å². The second kappa shape index (κ2) is 4.37. The molecule has 1 fully saturated rings. The van der Waals surface area contributed by atoms with Crippen LogP contribution in [0, 0.1) is 0 Å². The average Bonchev–Trinajstić information content (AvgIpc) is 2.86. The van der Waals surface area contributed by atoms with Crippen molar-refractivity contribution in [3.63, 3.8) is 0 Å². The Kier molecular flexibility index (Phi) is 2.71. The van der Waals surface area contributed by atoms with Crippen molar-refractivity contribution < 1.29 is 9.59 Å². The Morgan fingerprint density at radius 1 is 1.44 bits per heavy atom. The van der Waals surface area contributed by atoms with Crippen LogP contribution in [0.3, 0.4) is 0 Å². The highest BCUT2D eigenvalue weighted by Crippen LogP contribution is 2.10. The van der Waals surface area contributed by atoms with Crippen molar-refractivity contribution in [1.29, 1.82) is 0 Å². The number of fused-ring (bicyclic) bond motifs is 1. The van der Waals surface area contributed by atoms with Crippen molar-refractivity contribution >= 4 is 11.8 Å². The molecule has 2 N–H and O–H groups in total. The van der Waals surface area contributed by atoms with Gasteiger partial charge in [0.1, 0.15) is 12.4 Å². The summed E-state index contributed by atoms with van der Waals surface area (Å²) in [6, 6.07) is -0.336. The Labute approximate surface area is 103 Å². The van der Waals surface area contributed by atoms with Gasteiger partial charge >= 0.3 is 0 Å². The van der Waals surface area contributed by atoms with Crippen LogP contribution in [0.1, 0.15) is 5.82 Å². The van der Waals surface area contributed by atoms with Gasteiger partial charge in [0, 0.05) is 19.6 Å². The van der Waals surface area contributed by atoms with Gasteiger partial charge in [-0.15, -0.1) is 10.2 Å². The van der Waals surface area contributed by atoms with Gasteiger partial charge in [-0.2, -0.15) is 0 Å². The van der Waals surface area contributed by atoms with E-state index < -0.39 is 0 Å². The maximum absolute atomic E-state index is 12.2. The fraction of sp³-hybridized carbons (Fsp3) is 0.600. The number of carbonyl (C=O) groups excluding carboxylic acids is 2. The molecule has 3 rings (SSSR count). The van der Waals surface area contributed by atoms with E-state index in [1.165, 1.54) is 0 Å². The van der Waals surface area contributed by atoms with Crippen LogP contribution in [0.5, 0.6) is 0 Å². The molecule has 1 aromatic heterocycles. The Morgan fingerprint density at radius 3 is 3.11 bits per heavy atom. The molecule has 0 radical (unpaired) electrons. The minimum atomic E-state index is -0.336. The molecule has 1 saturated heterocycles. The quantitative estimate of drug-likeness (QED) is 0.585. The molecule has 3 heterocycles. The van der Waals surface area contributed by atoms with E-state index in [1.54, 1.807) is 11.2 Å². The fourth-order valence-corrected chi connectivity index (χ4v) is 2.22. The summed E-state index contributed by atoms with van der Waals surface area (Å²) in [7, 11) is 0. The van der Waals surface area contributed by atoms with Crippen molar-refractivity contribution in [2.24, 2.45) is 0 Å². The zero-order valence-electron chi connectivity index (χ0n) is 9.80. The number of piperazine rings is 1. The summed E-state index contributed by atoms with van der Waals surface area (Å²) in [6.45, 7) is 2.38. The normalized spacial score (nSPS) is 23.4. The van der Waals surface area contributed by atoms with Crippen LogP contribution in [0.2, 0.25) is 0 Å². The lowest BCUT2D eigenvalue weighted by molar-refractivity contribution is -0.136. The first-order valence-electron chi connectivity index (χ1n) is 5.89. The SMILES string of the molecule is O=C1CNC(C(=O)N2CCn3cnnc3C2)CN1. The average molecular weight is 250 g/mol. The predicted molar refractivity (Wildman–Crippen MR) is 60.2 cm³/mol. The minimum absolute atomic E-state index is 0.00394. The summed E-state index contributed by atoms with van der Waals surface area (Å²) in [5.74, 6) is 0.733. The van der Waals surface area contributed by atoms with Crippen LogP contribution in [-0.4, -0.2) is 57.2 Å². The van der Waals surface area contributed by atoms with Crippen molar-refractivity contribution in [2.45, 2.75) is 19.1 Å². The molecule has 0 spiro atoms. The van der Waals surface area contributed by atoms with Gasteiger partial charge < -0.3 is 14.8 Å². The van der Waals surface area contributed by atoms with E-state index in [9.17, 15) is 9.59 Å². The summed E-state index contributed by atoms with van der Waals surface area (Å²) < 4.78 is 1.94. The largest absolute Gasteiger partial charge is 0.353 e. The highest BCUT2D eigenvalue weighted by Gasteiger charge is 2.30. The van der Waals surface area contributed by atoms with Crippen LogP contribution >= 0.6 is 0 Å². The van der Waals surface area contributed by atoms with Gasteiger partial charge in [-0.25, -0.2) is 0 Å². The van der Waals surface area contributed by atoms with Crippen LogP contribution in [0.25, 0.3) is 0 Å². The molecule has 18 heavy (non-hydrogen) atoms. The molecular weight excluding hydrogens is 236 g/mol. The molecular formula is C10H14N6O2. The maximum atomic E-state index is 12.2. The van der Waals surface area contributed by atoms with E-state index in [0.29, 0.717) is 26.2 Å². The van der Waals surface area contributed by atoms with E-state index in [1.807, 2.05) is 4.57 Å². The molecule has 1 atom stereocenters. The summed E-state index contributed by atoms with van der Waals surface area (Å²) in [5, 5.41) is 13.4. The third kappa shape index (κ3) is 1.94. The number of nitrogens with zero attached hydrogens (tertiary/aromatic N) is 4. The molecule has 96 valence electrons. The Morgan fingerprint density at radius 2 is 2.33 bits per heavy atom. The highest BCUT2D eigenvalue weighted by atomic mass is 16.2. The molecule has 8 heteroatoms. The van der Waals surface area contributed by atoms with Crippen molar-refractivity contribution in [3.05, 3.63) is 12.2 Å².